The number of carbonyl (C=O) groups is 3. The molecule has 4 rings (SSSR count). The fourth-order valence-corrected chi connectivity index (χ4v) is 4.26. The zero-order valence-electron chi connectivity index (χ0n) is 21.1. The number of carboxylic acid groups (broad SMARTS) is 1. The highest BCUT2D eigenvalue weighted by atomic mass is 19.2. The van der Waals surface area contributed by atoms with Gasteiger partial charge in [0.1, 0.15) is 23.2 Å². The van der Waals surface area contributed by atoms with Crippen molar-refractivity contribution in [1.82, 2.24) is 10.2 Å². The van der Waals surface area contributed by atoms with Gasteiger partial charge in [-0.1, -0.05) is 6.07 Å². The van der Waals surface area contributed by atoms with Gasteiger partial charge in [0.25, 0.3) is 5.91 Å². The van der Waals surface area contributed by atoms with Crippen molar-refractivity contribution in [3.05, 3.63) is 93.8 Å². The maximum Gasteiger partial charge on any atom is 0.341 e. The second kappa shape index (κ2) is 11.2. The fraction of sp³-hybridized carbons (Fsp3) is 0.222. The second-order valence-corrected chi connectivity index (χ2v) is 8.98. The van der Waals surface area contributed by atoms with Crippen molar-refractivity contribution in [2.75, 3.05) is 18.6 Å². The normalized spacial score (nSPS) is 14.7. The molecule has 0 saturated heterocycles. The van der Waals surface area contributed by atoms with E-state index in [0.29, 0.717) is 17.7 Å². The van der Waals surface area contributed by atoms with Crippen molar-refractivity contribution in [2.24, 2.45) is 0 Å². The zero-order valence-corrected chi connectivity index (χ0v) is 21.1. The lowest BCUT2D eigenvalue weighted by molar-refractivity contribution is -0.139. The van der Waals surface area contributed by atoms with E-state index in [1.165, 1.54) is 30.1 Å². The molecule has 40 heavy (non-hydrogen) atoms. The third-order valence-corrected chi connectivity index (χ3v) is 6.50. The van der Waals surface area contributed by atoms with E-state index < -0.39 is 83.9 Å². The number of anilines is 1. The topological polar surface area (TPSA) is 99.2 Å². The minimum atomic E-state index is -1.36. The lowest BCUT2D eigenvalue weighted by Crippen LogP contribution is -2.46. The van der Waals surface area contributed by atoms with Gasteiger partial charge in [-0.25, -0.2) is 31.5 Å². The number of halogens is 5. The Balaban J connectivity index is 1.68. The first kappa shape index (κ1) is 28.3. The highest BCUT2D eigenvalue weighted by Crippen LogP contribution is 2.38. The molecule has 0 fully saturated rings. The molecular weight excluding hydrogens is 541 g/mol. The Morgan fingerprint density at radius 1 is 0.975 bits per heavy atom. The summed E-state index contributed by atoms with van der Waals surface area (Å²) >= 11 is 0. The van der Waals surface area contributed by atoms with Gasteiger partial charge in [0.05, 0.1) is 23.8 Å². The summed E-state index contributed by atoms with van der Waals surface area (Å²) in [7, 11) is 1.49. The molecule has 210 valence electrons. The summed E-state index contributed by atoms with van der Waals surface area (Å²) in [5, 5.41) is 11.3. The summed E-state index contributed by atoms with van der Waals surface area (Å²) < 4.78 is 75.3. The number of urea groups is 1. The van der Waals surface area contributed by atoms with Crippen LogP contribution in [0, 0.1) is 29.1 Å². The van der Waals surface area contributed by atoms with E-state index in [1.54, 1.807) is 6.92 Å². The first-order valence-corrected chi connectivity index (χ1v) is 11.8. The van der Waals surface area contributed by atoms with Gasteiger partial charge >= 0.3 is 12.0 Å². The summed E-state index contributed by atoms with van der Waals surface area (Å²) in [5.74, 6) is -8.53. The Bertz CT molecular complexity index is 1490. The first-order valence-electron chi connectivity index (χ1n) is 11.8. The molecule has 3 amide bonds. The van der Waals surface area contributed by atoms with Gasteiger partial charge in [0.2, 0.25) is 0 Å². The predicted octanol–water partition coefficient (Wildman–Crippen LogP) is 4.91. The molecular formula is C27H22F5N3O5. The highest BCUT2D eigenvalue weighted by molar-refractivity contribution is 5.99. The summed E-state index contributed by atoms with van der Waals surface area (Å²) in [5.41, 5.74) is -0.316. The van der Waals surface area contributed by atoms with Crippen molar-refractivity contribution >= 4 is 23.6 Å². The molecule has 13 heteroatoms. The Morgan fingerprint density at radius 2 is 1.65 bits per heavy atom. The number of carbonyl (C=O) groups excluding carboxylic acids is 2. The van der Waals surface area contributed by atoms with E-state index in [-0.39, 0.29) is 17.0 Å². The van der Waals surface area contributed by atoms with Gasteiger partial charge in [0, 0.05) is 36.9 Å². The molecule has 0 aliphatic carbocycles. The van der Waals surface area contributed by atoms with E-state index in [1.807, 2.05) is 0 Å². The molecule has 1 atom stereocenters. The number of nitrogens with one attached hydrogen (secondary N) is 1. The van der Waals surface area contributed by atoms with Crippen molar-refractivity contribution in [3.63, 3.8) is 0 Å². The molecule has 0 spiro atoms. The molecule has 0 radical (unpaired) electrons. The largest absolute Gasteiger partial charge is 0.481 e. The molecule has 1 heterocycles. The van der Waals surface area contributed by atoms with E-state index in [4.69, 9.17) is 9.84 Å². The Morgan fingerprint density at radius 3 is 2.30 bits per heavy atom. The molecule has 1 aliphatic heterocycles. The van der Waals surface area contributed by atoms with Gasteiger partial charge in [0.15, 0.2) is 18.2 Å². The van der Waals surface area contributed by atoms with Crippen LogP contribution in [0.2, 0.25) is 0 Å². The predicted molar refractivity (Wildman–Crippen MR) is 131 cm³/mol. The third-order valence-electron chi connectivity index (χ3n) is 6.50. The molecule has 0 bridgehead atoms. The number of hydrogen-bond acceptors (Lipinski definition) is 4. The summed E-state index contributed by atoms with van der Waals surface area (Å²) in [6.45, 7) is -0.329. The number of benzene rings is 3. The fourth-order valence-electron chi connectivity index (χ4n) is 4.26. The summed E-state index contributed by atoms with van der Waals surface area (Å²) in [4.78, 5) is 39.5. The Kier molecular flexibility index (Phi) is 7.93. The number of nitrogens with zero attached hydrogens (tertiary/aromatic N) is 2. The second-order valence-electron chi connectivity index (χ2n) is 8.98. The van der Waals surface area contributed by atoms with Crippen LogP contribution in [0.1, 0.15) is 40.0 Å². The van der Waals surface area contributed by atoms with Gasteiger partial charge in [-0.2, -0.15) is 0 Å². The molecule has 3 aromatic carbocycles. The molecule has 1 aliphatic rings. The van der Waals surface area contributed by atoms with Crippen LogP contribution in [0.25, 0.3) is 0 Å². The van der Waals surface area contributed by atoms with E-state index in [0.717, 1.165) is 17.0 Å². The first-order chi connectivity index (χ1) is 18.9. The molecule has 0 aromatic heterocycles. The Hall–Kier alpha value is -4.68. The number of ether oxygens (including phenoxy) is 1. The minimum Gasteiger partial charge on any atom is -0.481 e. The number of amides is 3. The lowest BCUT2D eigenvalue weighted by Gasteiger charge is -2.40. The van der Waals surface area contributed by atoms with Crippen LogP contribution in [0.3, 0.4) is 0 Å². The quantitative estimate of drug-likeness (QED) is 0.380. The van der Waals surface area contributed by atoms with Crippen molar-refractivity contribution in [3.8, 4) is 5.75 Å². The number of fused-ring (bicyclic) bond motifs is 1. The zero-order chi connectivity index (χ0) is 29.3. The van der Waals surface area contributed by atoms with Gasteiger partial charge < -0.3 is 20.1 Å². The number of rotatable bonds is 8. The average molecular weight is 563 g/mol. The smallest absolute Gasteiger partial charge is 0.341 e. The maximum absolute atomic E-state index is 14.9. The SMILES string of the molecule is CC1c2ccc(C(=O)NCc3c(F)cc(F)cc3F)cc2N(Cc2c(OCC(=O)O)ccc(F)c2F)C(=O)N1C. The Labute approximate surface area is 224 Å². The van der Waals surface area contributed by atoms with E-state index in [2.05, 4.69) is 5.32 Å². The van der Waals surface area contributed by atoms with E-state index >= 15 is 0 Å². The molecule has 2 N–H and O–H groups in total. The molecule has 3 aromatic rings. The highest BCUT2D eigenvalue weighted by Gasteiger charge is 2.35. The van der Waals surface area contributed by atoms with E-state index in [9.17, 15) is 36.3 Å². The monoisotopic (exact) mass is 563 g/mol. The lowest BCUT2D eigenvalue weighted by atomic mass is 9.98. The van der Waals surface area contributed by atoms with Gasteiger partial charge in [-0.3, -0.25) is 9.69 Å². The van der Waals surface area contributed by atoms with Crippen LogP contribution < -0.4 is 15.0 Å². The summed E-state index contributed by atoms with van der Waals surface area (Å²) in [6, 6.07) is 5.87. The van der Waals surface area contributed by atoms with Crippen molar-refractivity contribution in [1.29, 1.82) is 0 Å². The summed E-state index contributed by atoms with van der Waals surface area (Å²) in [6.07, 6.45) is 0. The molecule has 1 unspecified atom stereocenters. The van der Waals surface area contributed by atoms with Crippen LogP contribution in [0.4, 0.5) is 32.4 Å². The van der Waals surface area contributed by atoms with Crippen molar-refractivity contribution < 1.29 is 46.2 Å². The van der Waals surface area contributed by atoms with Crippen LogP contribution in [-0.4, -0.2) is 41.6 Å². The van der Waals surface area contributed by atoms with Crippen LogP contribution in [0.5, 0.6) is 5.75 Å². The molecule has 0 saturated carbocycles. The standard InChI is InChI=1S/C27H22F5N3O5/c1-13-16-4-3-14(26(38)33-10-17-20(30)8-15(28)9-21(17)31)7-22(16)35(27(39)34(13)2)11-18-23(40-12-24(36)37)6-5-19(29)25(18)32/h3-9,13H,10-12H2,1-2H3,(H,33,38)(H,36,37). The van der Waals surface area contributed by atoms with Crippen LogP contribution in [0.15, 0.2) is 42.5 Å². The minimum absolute atomic E-state index is 0.0294. The van der Waals surface area contributed by atoms with Crippen molar-refractivity contribution in [2.45, 2.75) is 26.1 Å². The molecule has 8 nitrogen and oxygen atoms in total. The number of carboxylic acids is 1. The van der Waals surface area contributed by atoms with Gasteiger partial charge in [-0.15, -0.1) is 0 Å². The average Bonchev–Trinajstić information content (AvgIpc) is 2.90. The third kappa shape index (κ3) is 5.53. The van der Waals surface area contributed by atoms with Gasteiger partial charge in [-0.05, 0) is 36.8 Å². The number of aliphatic carboxylic acids is 1. The maximum atomic E-state index is 14.9. The number of hydrogen-bond donors (Lipinski definition) is 2. The van der Waals surface area contributed by atoms with Crippen LogP contribution in [-0.2, 0) is 17.9 Å². The van der Waals surface area contributed by atoms with Crippen LogP contribution >= 0.6 is 0 Å².